The molecule has 31 heavy (non-hydrogen) atoms. The van der Waals surface area contributed by atoms with E-state index in [9.17, 15) is 14.4 Å². The van der Waals surface area contributed by atoms with Crippen molar-refractivity contribution in [2.75, 3.05) is 0 Å². The van der Waals surface area contributed by atoms with Crippen LogP contribution in [0, 0.1) is 13.8 Å². The lowest BCUT2D eigenvalue weighted by Gasteiger charge is -2.10. The number of hydrogen-bond acceptors (Lipinski definition) is 6. The summed E-state index contributed by atoms with van der Waals surface area (Å²) < 4.78 is 6.88. The molecule has 1 aromatic carbocycles. The first-order valence-electron chi connectivity index (χ1n) is 9.83. The molecule has 0 spiro atoms. The Morgan fingerprint density at radius 3 is 2.55 bits per heavy atom. The van der Waals surface area contributed by atoms with Crippen molar-refractivity contribution in [1.29, 1.82) is 0 Å². The molecule has 0 fully saturated rings. The summed E-state index contributed by atoms with van der Waals surface area (Å²) in [7, 11) is 0. The molecular weight excluding hydrogens is 396 g/mol. The van der Waals surface area contributed by atoms with E-state index < -0.39 is 17.9 Å². The number of nitrogens with one attached hydrogen (secondary N) is 1. The van der Waals surface area contributed by atoms with Gasteiger partial charge in [-0.05, 0) is 44.9 Å². The number of Topliss-reactive ketones (excluding diaryl/α,β-unsaturated/α-hetero) is 2. The van der Waals surface area contributed by atoms with Crippen LogP contribution >= 0.6 is 0 Å². The SMILES string of the molecule is CC(=O)c1c(C)[nH]c(C(=O)[C@@H](C)OC(=O)/C=C/c2cn(Cc3ccccc3)nn2)c1C. The average molecular weight is 420 g/mol. The maximum atomic E-state index is 12.7. The zero-order valence-corrected chi connectivity index (χ0v) is 17.9. The summed E-state index contributed by atoms with van der Waals surface area (Å²) in [6, 6.07) is 9.81. The molecule has 0 amide bonds. The Morgan fingerprint density at radius 2 is 1.90 bits per heavy atom. The minimum atomic E-state index is -1.01. The lowest BCUT2D eigenvalue weighted by atomic mass is 10.0. The molecule has 0 unspecified atom stereocenters. The van der Waals surface area contributed by atoms with Crippen LogP contribution in [0.3, 0.4) is 0 Å². The Balaban J connectivity index is 1.60. The van der Waals surface area contributed by atoms with Crippen LogP contribution in [0.4, 0.5) is 0 Å². The zero-order chi connectivity index (χ0) is 22.5. The Labute approximate surface area is 179 Å². The lowest BCUT2D eigenvalue weighted by Crippen LogP contribution is -2.24. The van der Waals surface area contributed by atoms with Crippen molar-refractivity contribution in [3.63, 3.8) is 0 Å². The summed E-state index contributed by atoms with van der Waals surface area (Å²) in [5.74, 6) is -1.20. The molecule has 0 saturated carbocycles. The molecule has 0 saturated heterocycles. The van der Waals surface area contributed by atoms with Gasteiger partial charge < -0.3 is 9.72 Å². The Morgan fingerprint density at radius 1 is 1.19 bits per heavy atom. The maximum Gasteiger partial charge on any atom is 0.331 e. The van der Waals surface area contributed by atoms with Gasteiger partial charge in [-0.25, -0.2) is 9.48 Å². The number of esters is 1. The third kappa shape index (κ3) is 5.22. The monoisotopic (exact) mass is 420 g/mol. The first-order chi connectivity index (χ1) is 14.8. The second kappa shape index (κ2) is 9.34. The molecule has 8 nitrogen and oxygen atoms in total. The summed E-state index contributed by atoms with van der Waals surface area (Å²) in [6.07, 6.45) is 3.38. The highest BCUT2D eigenvalue weighted by Gasteiger charge is 2.25. The van der Waals surface area contributed by atoms with Gasteiger partial charge in [-0.3, -0.25) is 9.59 Å². The van der Waals surface area contributed by atoms with Gasteiger partial charge in [-0.1, -0.05) is 35.5 Å². The van der Waals surface area contributed by atoms with Crippen molar-refractivity contribution in [3.8, 4) is 0 Å². The van der Waals surface area contributed by atoms with Gasteiger partial charge in [0.25, 0.3) is 0 Å². The van der Waals surface area contributed by atoms with Crippen molar-refractivity contribution >= 4 is 23.6 Å². The van der Waals surface area contributed by atoms with E-state index in [1.165, 1.54) is 26.0 Å². The van der Waals surface area contributed by atoms with E-state index in [1.54, 1.807) is 24.7 Å². The summed E-state index contributed by atoms with van der Waals surface area (Å²) in [6.45, 7) is 6.93. The third-order valence-electron chi connectivity index (χ3n) is 4.83. The zero-order valence-electron chi connectivity index (χ0n) is 17.9. The number of H-pyrrole nitrogens is 1. The number of rotatable bonds is 8. The predicted octanol–water partition coefficient (Wildman–Crippen LogP) is 3.30. The number of carbonyl (C=O) groups is 3. The van der Waals surface area contributed by atoms with Crippen molar-refractivity contribution in [3.05, 3.63) is 76.4 Å². The number of aromatic nitrogens is 4. The molecule has 2 aromatic heterocycles. The predicted molar refractivity (Wildman–Crippen MR) is 115 cm³/mol. The molecule has 3 rings (SSSR count). The second-order valence-corrected chi connectivity index (χ2v) is 7.28. The van der Waals surface area contributed by atoms with Crippen LogP contribution in [0.25, 0.3) is 6.08 Å². The Bertz CT molecular complexity index is 1140. The van der Waals surface area contributed by atoms with Crippen LogP contribution in [0.1, 0.15) is 57.2 Å². The van der Waals surface area contributed by atoms with Crippen molar-refractivity contribution in [2.24, 2.45) is 0 Å². The topological polar surface area (TPSA) is 107 Å². The van der Waals surface area contributed by atoms with E-state index in [2.05, 4.69) is 15.3 Å². The highest BCUT2D eigenvalue weighted by molar-refractivity contribution is 6.05. The maximum absolute atomic E-state index is 12.7. The number of hydrogen-bond donors (Lipinski definition) is 1. The van der Waals surface area contributed by atoms with Crippen molar-refractivity contribution < 1.29 is 19.1 Å². The number of aromatic amines is 1. The standard InChI is InChI=1S/C23H24N4O4/c1-14-21(16(3)28)15(2)24-22(14)23(30)17(4)31-20(29)11-10-19-13-27(26-25-19)12-18-8-6-5-7-9-18/h5-11,13,17,24H,12H2,1-4H3/b11-10+/t17-/m1/s1. The molecule has 3 aromatic rings. The molecule has 2 heterocycles. The van der Waals surface area contributed by atoms with Crippen molar-refractivity contribution in [2.45, 2.75) is 40.3 Å². The van der Waals surface area contributed by atoms with Crippen LogP contribution in [-0.2, 0) is 16.1 Å². The quantitative estimate of drug-likeness (QED) is 0.340. The number of benzene rings is 1. The van der Waals surface area contributed by atoms with Gasteiger partial charge >= 0.3 is 5.97 Å². The van der Waals surface area contributed by atoms with E-state index in [1.807, 2.05) is 30.3 Å². The smallest absolute Gasteiger partial charge is 0.331 e. The molecule has 0 bridgehead atoms. The summed E-state index contributed by atoms with van der Waals surface area (Å²) in [5.41, 5.74) is 3.51. The van der Waals surface area contributed by atoms with E-state index >= 15 is 0 Å². The number of nitrogens with zero attached hydrogens (tertiary/aromatic N) is 3. The first-order valence-corrected chi connectivity index (χ1v) is 9.83. The molecule has 0 aliphatic carbocycles. The number of ether oxygens (including phenoxy) is 1. The summed E-state index contributed by atoms with van der Waals surface area (Å²) >= 11 is 0. The highest BCUT2D eigenvalue weighted by atomic mass is 16.5. The van der Waals surface area contributed by atoms with Crippen LogP contribution in [0.2, 0.25) is 0 Å². The fraction of sp³-hybridized carbons (Fsp3) is 0.261. The minimum Gasteiger partial charge on any atom is -0.451 e. The molecule has 160 valence electrons. The highest BCUT2D eigenvalue weighted by Crippen LogP contribution is 2.20. The van der Waals surface area contributed by atoms with Crippen LogP contribution in [-0.4, -0.2) is 43.6 Å². The summed E-state index contributed by atoms with van der Waals surface area (Å²) in [4.78, 5) is 39.5. The van der Waals surface area contributed by atoms with E-state index in [0.29, 0.717) is 29.1 Å². The fourth-order valence-corrected chi connectivity index (χ4v) is 3.39. The van der Waals surface area contributed by atoms with E-state index in [-0.39, 0.29) is 11.5 Å². The largest absolute Gasteiger partial charge is 0.451 e. The van der Waals surface area contributed by atoms with Crippen molar-refractivity contribution in [1.82, 2.24) is 20.0 Å². The Kier molecular flexibility index (Phi) is 6.59. The molecule has 0 radical (unpaired) electrons. The van der Waals surface area contributed by atoms with Gasteiger partial charge in [0, 0.05) is 17.3 Å². The third-order valence-corrected chi connectivity index (χ3v) is 4.83. The Hall–Kier alpha value is -3.81. The number of carbonyl (C=O) groups excluding carboxylic acids is 3. The molecule has 0 aliphatic rings. The van der Waals surface area contributed by atoms with Gasteiger partial charge in [0.1, 0.15) is 5.69 Å². The van der Waals surface area contributed by atoms with Crippen LogP contribution < -0.4 is 0 Å². The minimum absolute atomic E-state index is 0.127. The second-order valence-electron chi connectivity index (χ2n) is 7.28. The van der Waals surface area contributed by atoms with E-state index in [4.69, 9.17) is 4.74 Å². The summed E-state index contributed by atoms with van der Waals surface area (Å²) in [5, 5.41) is 8.03. The number of ketones is 2. The molecular formula is C23H24N4O4. The molecule has 1 atom stereocenters. The van der Waals surface area contributed by atoms with Gasteiger partial charge in [0.05, 0.1) is 18.4 Å². The van der Waals surface area contributed by atoms with Crippen LogP contribution in [0.15, 0.2) is 42.6 Å². The van der Waals surface area contributed by atoms with Gasteiger partial charge in [0.2, 0.25) is 5.78 Å². The molecule has 8 heteroatoms. The van der Waals surface area contributed by atoms with Gasteiger partial charge in [-0.2, -0.15) is 0 Å². The average Bonchev–Trinajstić information content (AvgIpc) is 3.29. The first kappa shape index (κ1) is 21.9. The normalized spacial score (nSPS) is 12.1. The molecule has 0 aliphatic heterocycles. The lowest BCUT2D eigenvalue weighted by molar-refractivity contribution is -0.140. The molecule has 1 N–H and O–H groups in total. The van der Waals surface area contributed by atoms with Gasteiger partial charge in [0.15, 0.2) is 11.9 Å². The van der Waals surface area contributed by atoms with Gasteiger partial charge in [-0.15, -0.1) is 5.10 Å². The number of aryl methyl sites for hydroxylation is 1. The van der Waals surface area contributed by atoms with E-state index in [0.717, 1.165) is 5.56 Å². The fourth-order valence-electron chi connectivity index (χ4n) is 3.39. The van der Waals surface area contributed by atoms with Crippen LogP contribution in [0.5, 0.6) is 0 Å².